The van der Waals surface area contributed by atoms with Gasteiger partial charge >= 0.3 is 0 Å². The summed E-state index contributed by atoms with van der Waals surface area (Å²) in [5.74, 6) is 1.20. The SMILES string of the molecule is CCC(O)(CC)CN1CCSC(C)C1C. The van der Waals surface area contributed by atoms with Gasteiger partial charge in [0.15, 0.2) is 0 Å². The van der Waals surface area contributed by atoms with Crippen LogP contribution < -0.4 is 0 Å². The Kier molecular flexibility index (Phi) is 4.94. The second kappa shape index (κ2) is 5.55. The summed E-state index contributed by atoms with van der Waals surface area (Å²) in [4.78, 5) is 2.45. The van der Waals surface area contributed by atoms with Gasteiger partial charge < -0.3 is 5.11 Å². The third-order valence-corrected chi connectivity index (χ3v) is 5.17. The zero-order chi connectivity index (χ0) is 11.5. The maximum absolute atomic E-state index is 10.3. The van der Waals surface area contributed by atoms with Gasteiger partial charge in [0.05, 0.1) is 5.60 Å². The molecule has 15 heavy (non-hydrogen) atoms. The van der Waals surface area contributed by atoms with E-state index in [-0.39, 0.29) is 0 Å². The van der Waals surface area contributed by atoms with Crippen LogP contribution >= 0.6 is 11.8 Å². The van der Waals surface area contributed by atoms with Crippen molar-refractivity contribution in [1.82, 2.24) is 4.90 Å². The Bertz CT molecular complexity index is 194. The van der Waals surface area contributed by atoms with Crippen molar-refractivity contribution in [1.29, 1.82) is 0 Å². The predicted octanol–water partition coefficient (Wildman–Crippen LogP) is 2.36. The van der Waals surface area contributed by atoms with Gasteiger partial charge in [-0.05, 0) is 19.8 Å². The van der Waals surface area contributed by atoms with Crippen LogP contribution in [0.1, 0.15) is 40.5 Å². The zero-order valence-corrected chi connectivity index (χ0v) is 11.3. The molecule has 1 heterocycles. The molecule has 1 N–H and O–H groups in total. The predicted molar refractivity (Wildman–Crippen MR) is 68.5 cm³/mol. The lowest BCUT2D eigenvalue weighted by Crippen LogP contribution is -2.51. The summed E-state index contributed by atoms with van der Waals surface area (Å²) in [6.07, 6.45) is 1.71. The molecule has 2 nitrogen and oxygen atoms in total. The molecule has 3 heteroatoms. The van der Waals surface area contributed by atoms with E-state index in [1.165, 1.54) is 5.75 Å². The van der Waals surface area contributed by atoms with Crippen molar-refractivity contribution >= 4 is 11.8 Å². The first-order valence-electron chi connectivity index (χ1n) is 6.10. The fourth-order valence-electron chi connectivity index (χ4n) is 2.07. The monoisotopic (exact) mass is 231 g/mol. The molecule has 1 saturated heterocycles. The summed E-state index contributed by atoms with van der Waals surface area (Å²) in [6, 6.07) is 0.591. The van der Waals surface area contributed by atoms with Gasteiger partial charge in [0.2, 0.25) is 0 Å². The normalized spacial score (nSPS) is 29.4. The first-order valence-corrected chi connectivity index (χ1v) is 7.15. The van der Waals surface area contributed by atoms with Crippen LogP contribution in [0.4, 0.5) is 0 Å². The first kappa shape index (κ1) is 13.3. The lowest BCUT2D eigenvalue weighted by atomic mass is 9.96. The van der Waals surface area contributed by atoms with Crippen molar-refractivity contribution in [2.75, 3.05) is 18.8 Å². The maximum Gasteiger partial charge on any atom is 0.0769 e. The van der Waals surface area contributed by atoms with Crippen LogP contribution in [0, 0.1) is 0 Å². The zero-order valence-electron chi connectivity index (χ0n) is 10.5. The third kappa shape index (κ3) is 3.36. The molecular formula is C12H25NOS. The minimum Gasteiger partial charge on any atom is -0.389 e. The topological polar surface area (TPSA) is 23.5 Å². The Morgan fingerprint density at radius 1 is 1.33 bits per heavy atom. The van der Waals surface area contributed by atoms with Crippen molar-refractivity contribution in [2.24, 2.45) is 0 Å². The maximum atomic E-state index is 10.3. The molecule has 1 aliphatic rings. The standard InChI is InChI=1S/C12H25NOS/c1-5-12(14,6-2)9-13-7-8-15-11(4)10(13)3/h10-11,14H,5-9H2,1-4H3. The van der Waals surface area contributed by atoms with Gasteiger partial charge in [-0.3, -0.25) is 4.90 Å². The van der Waals surface area contributed by atoms with Crippen molar-refractivity contribution in [3.05, 3.63) is 0 Å². The molecule has 2 atom stereocenters. The van der Waals surface area contributed by atoms with Crippen LogP contribution in [0.5, 0.6) is 0 Å². The van der Waals surface area contributed by atoms with Crippen molar-refractivity contribution in [2.45, 2.75) is 57.4 Å². The molecule has 0 aromatic carbocycles. The van der Waals surface area contributed by atoms with E-state index in [4.69, 9.17) is 0 Å². The quantitative estimate of drug-likeness (QED) is 0.803. The molecule has 90 valence electrons. The minimum absolute atomic E-state index is 0.476. The summed E-state index contributed by atoms with van der Waals surface area (Å²) >= 11 is 2.05. The molecule has 0 spiro atoms. The molecule has 0 radical (unpaired) electrons. The Labute approximate surface area is 98.4 Å². The van der Waals surface area contributed by atoms with Crippen molar-refractivity contribution < 1.29 is 5.11 Å². The van der Waals surface area contributed by atoms with Gasteiger partial charge in [-0.15, -0.1) is 0 Å². The highest BCUT2D eigenvalue weighted by atomic mass is 32.2. The molecule has 0 aromatic rings. The lowest BCUT2D eigenvalue weighted by molar-refractivity contribution is -0.0122. The second-order valence-electron chi connectivity index (χ2n) is 4.72. The Morgan fingerprint density at radius 3 is 2.47 bits per heavy atom. The van der Waals surface area contributed by atoms with Crippen molar-refractivity contribution in [3.63, 3.8) is 0 Å². The van der Waals surface area contributed by atoms with Crippen LogP contribution in [-0.4, -0.2) is 45.7 Å². The van der Waals surface area contributed by atoms with Crippen LogP contribution in [0.2, 0.25) is 0 Å². The summed E-state index contributed by atoms with van der Waals surface area (Å²) in [7, 11) is 0. The molecule has 2 unspecified atom stereocenters. The molecule has 0 bridgehead atoms. The lowest BCUT2D eigenvalue weighted by Gasteiger charge is -2.41. The molecule has 0 saturated carbocycles. The highest BCUT2D eigenvalue weighted by Gasteiger charge is 2.31. The number of aliphatic hydroxyl groups is 1. The third-order valence-electron chi connectivity index (χ3n) is 3.83. The molecule has 1 aliphatic heterocycles. The number of hydrogen-bond acceptors (Lipinski definition) is 3. The molecular weight excluding hydrogens is 206 g/mol. The van der Waals surface area contributed by atoms with Gasteiger partial charge in [-0.1, -0.05) is 20.8 Å². The minimum atomic E-state index is -0.476. The van der Waals surface area contributed by atoms with E-state index in [2.05, 4.69) is 32.6 Å². The first-order chi connectivity index (χ1) is 7.02. The van der Waals surface area contributed by atoms with E-state index in [1.807, 2.05) is 11.8 Å². The number of hydrogen-bond donors (Lipinski definition) is 1. The van der Waals surface area contributed by atoms with Gasteiger partial charge in [0.1, 0.15) is 0 Å². The smallest absolute Gasteiger partial charge is 0.0769 e. The molecule has 0 amide bonds. The van der Waals surface area contributed by atoms with E-state index in [1.54, 1.807) is 0 Å². The number of β-amino-alcohol motifs (C(OH)–C–C–N with tert-alkyl or cyclic N) is 1. The van der Waals surface area contributed by atoms with Gasteiger partial charge in [-0.25, -0.2) is 0 Å². The van der Waals surface area contributed by atoms with Gasteiger partial charge in [-0.2, -0.15) is 11.8 Å². The van der Waals surface area contributed by atoms with E-state index in [9.17, 15) is 5.11 Å². The summed E-state index contributed by atoms with van der Waals surface area (Å²) in [6.45, 7) is 10.7. The van der Waals surface area contributed by atoms with E-state index in [0.29, 0.717) is 11.3 Å². The largest absolute Gasteiger partial charge is 0.389 e. The fourth-order valence-corrected chi connectivity index (χ4v) is 3.23. The second-order valence-corrected chi connectivity index (χ2v) is 6.20. The molecule has 0 aliphatic carbocycles. The number of thioether (sulfide) groups is 1. The summed E-state index contributed by atoms with van der Waals surface area (Å²) < 4.78 is 0. The fraction of sp³-hybridized carbons (Fsp3) is 1.00. The van der Waals surface area contributed by atoms with E-state index >= 15 is 0 Å². The van der Waals surface area contributed by atoms with Crippen LogP contribution in [0.25, 0.3) is 0 Å². The highest BCUT2D eigenvalue weighted by Crippen LogP contribution is 2.27. The van der Waals surface area contributed by atoms with E-state index < -0.39 is 5.60 Å². The Balaban J connectivity index is 2.56. The molecule has 1 fully saturated rings. The molecule has 1 rings (SSSR count). The average Bonchev–Trinajstić information content (AvgIpc) is 2.25. The highest BCUT2D eigenvalue weighted by molar-refractivity contribution is 8.00. The average molecular weight is 231 g/mol. The van der Waals surface area contributed by atoms with E-state index in [0.717, 1.165) is 25.9 Å². The van der Waals surface area contributed by atoms with Gasteiger partial charge in [0.25, 0.3) is 0 Å². The Hall–Kier alpha value is 0.270. The van der Waals surface area contributed by atoms with Crippen LogP contribution in [-0.2, 0) is 0 Å². The van der Waals surface area contributed by atoms with Gasteiger partial charge in [0, 0.05) is 30.1 Å². The summed E-state index contributed by atoms with van der Waals surface area (Å²) in [5.41, 5.74) is -0.476. The number of nitrogens with zero attached hydrogens (tertiary/aromatic N) is 1. The summed E-state index contributed by atoms with van der Waals surface area (Å²) in [5, 5.41) is 11.0. The van der Waals surface area contributed by atoms with Crippen LogP contribution in [0.3, 0.4) is 0 Å². The molecule has 0 aromatic heterocycles. The number of rotatable bonds is 4. The Morgan fingerprint density at radius 2 is 1.93 bits per heavy atom. The van der Waals surface area contributed by atoms with Crippen molar-refractivity contribution in [3.8, 4) is 0 Å². The van der Waals surface area contributed by atoms with Crippen LogP contribution in [0.15, 0.2) is 0 Å².